The number of likely N-dealkylation sites (tertiary alicyclic amines) is 1. The predicted molar refractivity (Wildman–Crippen MR) is 69.9 cm³/mol. The lowest BCUT2D eigenvalue weighted by atomic mass is 9.82. The molecule has 0 aromatic heterocycles. The zero-order chi connectivity index (χ0) is 13.8. The summed E-state index contributed by atoms with van der Waals surface area (Å²) < 4.78 is 5.37. The molecule has 0 saturated carbocycles. The third kappa shape index (κ3) is 3.45. The summed E-state index contributed by atoms with van der Waals surface area (Å²) in [6.07, 6.45) is 4.18. The molecule has 0 bridgehead atoms. The normalized spacial score (nSPS) is 17.1. The van der Waals surface area contributed by atoms with E-state index in [2.05, 4.69) is 13.2 Å². The van der Waals surface area contributed by atoms with Crippen LogP contribution in [0.25, 0.3) is 0 Å². The molecule has 0 spiro atoms. The second-order valence-corrected chi connectivity index (χ2v) is 5.03. The van der Waals surface area contributed by atoms with E-state index >= 15 is 0 Å². The molecular formula is C14H21NO3. The van der Waals surface area contributed by atoms with Gasteiger partial charge in [-0.15, -0.1) is 0 Å². The summed E-state index contributed by atoms with van der Waals surface area (Å²) in [7, 11) is 0. The number of carbonyl (C=O) groups excluding carboxylic acids is 2. The van der Waals surface area contributed by atoms with Crippen molar-refractivity contribution in [2.75, 3.05) is 13.1 Å². The molecule has 0 radical (unpaired) electrons. The molecule has 0 aromatic rings. The van der Waals surface area contributed by atoms with Gasteiger partial charge in [0.2, 0.25) is 5.91 Å². The molecule has 0 aliphatic carbocycles. The van der Waals surface area contributed by atoms with Gasteiger partial charge in [-0.25, -0.2) is 4.79 Å². The minimum Gasteiger partial charge on any atom is -0.456 e. The molecule has 18 heavy (non-hydrogen) atoms. The SMILES string of the molecule is C=CC(=O)OC(C)(C)C1CCN(C(=O)C=C)CC1. The maximum Gasteiger partial charge on any atom is 0.330 e. The molecule has 1 saturated heterocycles. The van der Waals surface area contributed by atoms with E-state index in [9.17, 15) is 9.59 Å². The van der Waals surface area contributed by atoms with Crippen molar-refractivity contribution in [3.8, 4) is 0 Å². The summed E-state index contributed by atoms with van der Waals surface area (Å²) in [5, 5.41) is 0. The lowest BCUT2D eigenvalue weighted by Gasteiger charge is -2.39. The predicted octanol–water partition coefficient (Wildman–Crippen LogP) is 1.92. The quantitative estimate of drug-likeness (QED) is 0.566. The zero-order valence-electron chi connectivity index (χ0n) is 11.1. The van der Waals surface area contributed by atoms with Gasteiger partial charge in [0.15, 0.2) is 0 Å². The van der Waals surface area contributed by atoms with Crippen LogP contribution in [0.15, 0.2) is 25.3 Å². The Bertz CT molecular complexity index is 352. The first-order valence-electron chi connectivity index (χ1n) is 6.17. The maximum atomic E-state index is 11.5. The molecule has 4 nitrogen and oxygen atoms in total. The lowest BCUT2D eigenvalue weighted by molar-refractivity contribution is -0.158. The van der Waals surface area contributed by atoms with Crippen LogP contribution in [-0.4, -0.2) is 35.5 Å². The fourth-order valence-electron chi connectivity index (χ4n) is 2.31. The molecule has 0 aromatic carbocycles. The van der Waals surface area contributed by atoms with Crippen LogP contribution >= 0.6 is 0 Å². The van der Waals surface area contributed by atoms with Crippen molar-refractivity contribution in [2.24, 2.45) is 5.92 Å². The van der Waals surface area contributed by atoms with Gasteiger partial charge in [-0.05, 0) is 32.8 Å². The Morgan fingerprint density at radius 1 is 1.22 bits per heavy atom. The molecule has 1 fully saturated rings. The first-order chi connectivity index (χ1) is 8.40. The number of esters is 1. The van der Waals surface area contributed by atoms with Crippen LogP contribution in [-0.2, 0) is 14.3 Å². The number of hydrogen-bond donors (Lipinski definition) is 0. The highest BCUT2D eigenvalue weighted by Gasteiger charge is 2.35. The lowest BCUT2D eigenvalue weighted by Crippen LogP contribution is -2.45. The summed E-state index contributed by atoms with van der Waals surface area (Å²) in [4.78, 5) is 24.5. The van der Waals surface area contributed by atoms with E-state index in [-0.39, 0.29) is 11.8 Å². The molecule has 4 heteroatoms. The average Bonchev–Trinajstić information content (AvgIpc) is 2.37. The van der Waals surface area contributed by atoms with Crippen LogP contribution in [0, 0.1) is 5.92 Å². The number of hydrogen-bond acceptors (Lipinski definition) is 3. The Kier molecular flexibility index (Phi) is 4.70. The Morgan fingerprint density at radius 3 is 2.22 bits per heavy atom. The Labute approximate surface area is 108 Å². The number of nitrogens with zero attached hydrogens (tertiary/aromatic N) is 1. The zero-order valence-corrected chi connectivity index (χ0v) is 11.1. The molecule has 0 N–H and O–H groups in total. The van der Waals surface area contributed by atoms with Crippen molar-refractivity contribution < 1.29 is 14.3 Å². The van der Waals surface area contributed by atoms with Gasteiger partial charge < -0.3 is 9.64 Å². The van der Waals surface area contributed by atoms with E-state index < -0.39 is 11.6 Å². The summed E-state index contributed by atoms with van der Waals surface area (Å²) in [5.41, 5.74) is -0.519. The number of piperidine rings is 1. The molecule has 0 unspecified atom stereocenters. The van der Waals surface area contributed by atoms with E-state index in [4.69, 9.17) is 4.74 Å². The van der Waals surface area contributed by atoms with E-state index in [1.807, 2.05) is 13.8 Å². The average molecular weight is 251 g/mol. The second-order valence-electron chi connectivity index (χ2n) is 5.03. The van der Waals surface area contributed by atoms with E-state index in [0.717, 1.165) is 12.8 Å². The van der Waals surface area contributed by atoms with Crippen molar-refractivity contribution >= 4 is 11.9 Å². The number of rotatable bonds is 4. The second kappa shape index (κ2) is 5.85. The number of amides is 1. The van der Waals surface area contributed by atoms with Gasteiger partial charge in [-0.1, -0.05) is 13.2 Å². The van der Waals surface area contributed by atoms with Crippen molar-refractivity contribution in [3.63, 3.8) is 0 Å². The molecule has 1 aliphatic rings. The summed E-state index contributed by atoms with van der Waals surface area (Å²) in [6, 6.07) is 0. The maximum absolute atomic E-state index is 11.5. The molecular weight excluding hydrogens is 230 g/mol. The molecule has 1 amide bonds. The van der Waals surface area contributed by atoms with E-state index in [1.54, 1.807) is 4.90 Å². The highest BCUT2D eigenvalue weighted by molar-refractivity contribution is 5.87. The first-order valence-corrected chi connectivity index (χ1v) is 6.17. The fraction of sp³-hybridized carbons (Fsp3) is 0.571. The Morgan fingerprint density at radius 2 is 1.78 bits per heavy atom. The van der Waals surface area contributed by atoms with Crippen LogP contribution in [0.1, 0.15) is 26.7 Å². The van der Waals surface area contributed by atoms with Gasteiger partial charge in [0.1, 0.15) is 5.60 Å². The van der Waals surface area contributed by atoms with Crippen LogP contribution in [0.2, 0.25) is 0 Å². The molecule has 1 heterocycles. The Balaban J connectivity index is 2.56. The smallest absolute Gasteiger partial charge is 0.330 e. The van der Waals surface area contributed by atoms with Gasteiger partial charge in [0, 0.05) is 25.1 Å². The highest BCUT2D eigenvalue weighted by Crippen LogP contribution is 2.31. The van der Waals surface area contributed by atoms with E-state index in [1.165, 1.54) is 12.2 Å². The van der Waals surface area contributed by atoms with Crippen LogP contribution < -0.4 is 0 Å². The first kappa shape index (κ1) is 14.5. The van der Waals surface area contributed by atoms with Crippen LogP contribution in [0.4, 0.5) is 0 Å². The van der Waals surface area contributed by atoms with Gasteiger partial charge >= 0.3 is 5.97 Å². The van der Waals surface area contributed by atoms with Gasteiger partial charge in [-0.2, -0.15) is 0 Å². The minimum absolute atomic E-state index is 0.0330. The van der Waals surface area contributed by atoms with Crippen molar-refractivity contribution in [2.45, 2.75) is 32.3 Å². The summed E-state index contributed by atoms with van der Waals surface area (Å²) in [5.74, 6) is -0.172. The highest BCUT2D eigenvalue weighted by atomic mass is 16.6. The van der Waals surface area contributed by atoms with Crippen LogP contribution in [0.5, 0.6) is 0 Å². The Hall–Kier alpha value is -1.58. The third-order valence-electron chi connectivity index (χ3n) is 3.49. The molecule has 1 rings (SSSR count). The topological polar surface area (TPSA) is 46.6 Å². The summed E-state index contributed by atoms with van der Waals surface area (Å²) >= 11 is 0. The monoisotopic (exact) mass is 251 g/mol. The van der Waals surface area contributed by atoms with Gasteiger partial charge in [-0.3, -0.25) is 4.79 Å². The fourth-order valence-corrected chi connectivity index (χ4v) is 2.31. The minimum atomic E-state index is -0.519. The van der Waals surface area contributed by atoms with Gasteiger partial charge in [0.25, 0.3) is 0 Å². The van der Waals surface area contributed by atoms with Crippen molar-refractivity contribution in [1.29, 1.82) is 0 Å². The largest absolute Gasteiger partial charge is 0.456 e. The summed E-state index contributed by atoms with van der Waals surface area (Å²) in [6.45, 7) is 12.1. The molecule has 100 valence electrons. The molecule has 1 aliphatic heterocycles. The number of ether oxygens (including phenoxy) is 1. The van der Waals surface area contributed by atoms with Crippen molar-refractivity contribution in [3.05, 3.63) is 25.3 Å². The van der Waals surface area contributed by atoms with Crippen molar-refractivity contribution in [1.82, 2.24) is 4.90 Å². The third-order valence-corrected chi connectivity index (χ3v) is 3.49. The van der Waals surface area contributed by atoms with Gasteiger partial charge in [0.05, 0.1) is 0 Å². The van der Waals surface area contributed by atoms with Crippen LogP contribution in [0.3, 0.4) is 0 Å². The molecule has 0 atom stereocenters. The standard InChI is InChI=1S/C14H21NO3/c1-5-12(16)15-9-7-11(8-10-15)14(3,4)18-13(17)6-2/h5-6,11H,1-2,7-10H2,3-4H3. The number of carbonyl (C=O) groups is 2. The van der Waals surface area contributed by atoms with E-state index in [0.29, 0.717) is 13.1 Å².